The zero-order valence-corrected chi connectivity index (χ0v) is 10.5. The lowest BCUT2D eigenvalue weighted by Crippen LogP contribution is -2.36. The van der Waals surface area contributed by atoms with Crippen LogP contribution in [0.5, 0.6) is 0 Å². The fraction of sp³-hybridized carbons (Fsp3) is 0.667. The first-order valence-corrected chi connectivity index (χ1v) is 6.60. The minimum Gasteiger partial charge on any atom is -0.378 e. The number of anilines is 1. The number of hydrogen-bond acceptors (Lipinski definition) is 4. The second-order valence-corrected chi connectivity index (χ2v) is 4.86. The highest BCUT2D eigenvalue weighted by molar-refractivity contribution is 9.08. The van der Waals surface area contributed by atoms with Gasteiger partial charge in [0, 0.05) is 23.3 Å². The van der Waals surface area contributed by atoms with E-state index in [9.17, 15) is 0 Å². The van der Waals surface area contributed by atoms with Gasteiger partial charge in [-0.3, -0.25) is 0 Å². The van der Waals surface area contributed by atoms with E-state index in [1.54, 1.807) is 11.3 Å². The molecule has 2 heterocycles. The Balaban J connectivity index is 2.14. The van der Waals surface area contributed by atoms with E-state index in [4.69, 9.17) is 4.74 Å². The number of rotatable bonds is 2. The van der Waals surface area contributed by atoms with Gasteiger partial charge in [-0.15, -0.1) is 11.3 Å². The summed E-state index contributed by atoms with van der Waals surface area (Å²) < 4.78 is 5.31. The van der Waals surface area contributed by atoms with Gasteiger partial charge < -0.3 is 9.64 Å². The summed E-state index contributed by atoms with van der Waals surface area (Å²) >= 11 is 5.25. The summed E-state index contributed by atoms with van der Waals surface area (Å²) in [4.78, 5) is 8.19. The zero-order valence-electron chi connectivity index (χ0n) is 8.12. The van der Waals surface area contributed by atoms with Gasteiger partial charge in [-0.2, -0.15) is 0 Å². The monoisotopic (exact) mass is 276 g/mol. The van der Waals surface area contributed by atoms with Gasteiger partial charge in [0.15, 0.2) is 5.13 Å². The summed E-state index contributed by atoms with van der Waals surface area (Å²) in [6.07, 6.45) is 0. The summed E-state index contributed by atoms with van der Waals surface area (Å²) in [5, 5.41) is 2.04. The maximum Gasteiger partial charge on any atom is 0.185 e. The molecule has 14 heavy (non-hydrogen) atoms. The molecular weight excluding hydrogens is 264 g/mol. The lowest BCUT2D eigenvalue weighted by molar-refractivity contribution is 0.122. The van der Waals surface area contributed by atoms with Crippen molar-refractivity contribution in [3.63, 3.8) is 0 Å². The van der Waals surface area contributed by atoms with Crippen LogP contribution < -0.4 is 4.90 Å². The predicted molar refractivity (Wildman–Crippen MR) is 62.5 cm³/mol. The van der Waals surface area contributed by atoms with Crippen LogP contribution in [0.25, 0.3) is 0 Å². The molecule has 3 nitrogen and oxygen atoms in total. The number of aryl methyl sites for hydroxylation is 1. The van der Waals surface area contributed by atoms with Crippen LogP contribution in [-0.4, -0.2) is 31.3 Å². The van der Waals surface area contributed by atoms with Gasteiger partial charge in [0.05, 0.1) is 18.9 Å². The molecule has 0 aliphatic carbocycles. The van der Waals surface area contributed by atoms with Crippen molar-refractivity contribution in [2.75, 3.05) is 31.2 Å². The molecule has 1 aromatic rings. The van der Waals surface area contributed by atoms with E-state index in [1.807, 2.05) is 0 Å². The first-order chi connectivity index (χ1) is 6.81. The number of ether oxygens (including phenoxy) is 1. The Morgan fingerprint density at radius 2 is 2.21 bits per heavy atom. The maximum atomic E-state index is 5.31. The summed E-state index contributed by atoms with van der Waals surface area (Å²) in [5.41, 5.74) is 1.15. The largest absolute Gasteiger partial charge is 0.378 e. The maximum absolute atomic E-state index is 5.31. The molecule has 0 aromatic carbocycles. The van der Waals surface area contributed by atoms with Crippen LogP contribution in [0, 0.1) is 6.92 Å². The SMILES string of the molecule is Cc1nc(N2CCOCC2)sc1CBr. The molecule has 1 saturated heterocycles. The summed E-state index contributed by atoms with van der Waals surface area (Å²) in [7, 11) is 0. The second kappa shape index (κ2) is 4.59. The minimum absolute atomic E-state index is 0.822. The number of nitrogens with zero attached hydrogens (tertiary/aromatic N) is 2. The molecule has 1 fully saturated rings. The lowest BCUT2D eigenvalue weighted by atomic mass is 10.4. The molecule has 0 amide bonds. The molecule has 0 spiro atoms. The number of thiazole rings is 1. The van der Waals surface area contributed by atoms with E-state index in [0.29, 0.717) is 0 Å². The van der Waals surface area contributed by atoms with Crippen LogP contribution in [0.1, 0.15) is 10.6 Å². The highest BCUT2D eigenvalue weighted by Crippen LogP contribution is 2.27. The predicted octanol–water partition coefficient (Wildman–Crippen LogP) is 2.18. The van der Waals surface area contributed by atoms with Crippen LogP contribution in [0.15, 0.2) is 0 Å². The molecule has 0 N–H and O–H groups in total. The molecule has 0 unspecified atom stereocenters. The van der Waals surface area contributed by atoms with Crippen molar-refractivity contribution in [3.05, 3.63) is 10.6 Å². The van der Waals surface area contributed by atoms with Gasteiger partial charge in [0.2, 0.25) is 0 Å². The molecule has 78 valence electrons. The van der Waals surface area contributed by atoms with Gasteiger partial charge in [-0.1, -0.05) is 15.9 Å². The Morgan fingerprint density at radius 1 is 1.50 bits per heavy atom. The average Bonchev–Trinajstić information content (AvgIpc) is 2.61. The fourth-order valence-electron chi connectivity index (χ4n) is 1.43. The minimum atomic E-state index is 0.822. The van der Waals surface area contributed by atoms with Crippen LogP contribution in [0.4, 0.5) is 5.13 Å². The molecule has 1 aromatic heterocycles. The van der Waals surface area contributed by atoms with Gasteiger partial charge >= 0.3 is 0 Å². The zero-order chi connectivity index (χ0) is 9.97. The van der Waals surface area contributed by atoms with Crippen LogP contribution in [0.3, 0.4) is 0 Å². The summed E-state index contributed by atoms with van der Waals surface area (Å²) in [6.45, 7) is 5.64. The van der Waals surface area contributed by atoms with Crippen molar-refractivity contribution >= 4 is 32.4 Å². The second-order valence-electron chi connectivity index (χ2n) is 3.24. The Morgan fingerprint density at radius 3 is 2.79 bits per heavy atom. The standard InChI is InChI=1S/C9H13BrN2OS/c1-7-8(6-10)14-9(11-7)12-2-4-13-5-3-12/h2-6H2,1H3. The number of halogens is 1. The molecule has 5 heteroatoms. The highest BCUT2D eigenvalue weighted by atomic mass is 79.9. The molecule has 1 aliphatic rings. The van der Waals surface area contributed by atoms with Crippen molar-refractivity contribution < 1.29 is 4.74 Å². The van der Waals surface area contributed by atoms with E-state index in [0.717, 1.165) is 42.5 Å². The first kappa shape index (κ1) is 10.4. The quantitative estimate of drug-likeness (QED) is 0.775. The van der Waals surface area contributed by atoms with Crippen molar-refractivity contribution in [2.45, 2.75) is 12.3 Å². The van der Waals surface area contributed by atoms with E-state index in [2.05, 4.69) is 32.7 Å². The Labute approximate surface area is 96.2 Å². The lowest BCUT2D eigenvalue weighted by Gasteiger charge is -2.26. The molecule has 0 bridgehead atoms. The topological polar surface area (TPSA) is 25.4 Å². The van der Waals surface area contributed by atoms with Crippen molar-refractivity contribution in [2.24, 2.45) is 0 Å². The van der Waals surface area contributed by atoms with Crippen LogP contribution in [0.2, 0.25) is 0 Å². The van der Waals surface area contributed by atoms with Crippen molar-refractivity contribution in [3.8, 4) is 0 Å². The third kappa shape index (κ3) is 2.10. The third-order valence-corrected chi connectivity index (χ3v) is 4.43. The normalized spacial score (nSPS) is 17.4. The Hall–Kier alpha value is -0.130. The van der Waals surface area contributed by atoms with Gasteiger partial charge in [0.25, 0.3) is 0 Å². The molecule has 2 rings (SSSR count). The van der Waals surface area contributed by atoms with Gasteiger partial charge in [-0.05, 0) is 6.92 Å². The third-order valence-electron chi connectivity index (χ3n) is 2.28. The summed E-state index contributed by atoms with van der Waals surface area (Å²) in [5.74, 6) is 0. The van der Waals surface area contributed by atoms with Crippen molar-refractivity contribution in [1.82, 2.24) is 4.98 Å². The smallest absolute Gasteiger partial charge is 0.185 e. The highest BCUT2D eigenvalue weighted by Gasteiger charge is 2.16. The average molecular weight is 277 g/mol. The Bertz CT molecular complexity index is 310. The Kier molecular flexibility index (Phi) is 3.41. The van der Waals surface area contributed by atoms with E-state index in [1.165, 1.54) is 4.88 Å². The molecule has 0 saturated carbocycles. The van der Waals surface area contributed by atoms with Gasteiger partial charge in [-0.25, -0.2) is 4.98 Å². The molecule has 0 radical (unpaired) electrons. The van der Waals surface area contributed by atoms with Gasteiger partial charge in [0.1, 0.15) is 0 Å². The number of aromatic nitrogens is 1. The fourth-order valence-corrected chi connectivity index (χ4v) is 3.14. The van der Waals surface area contributed by atoms with E-state index >= 15 is 0 Å². The van der Waals surface area contributed by atoms with Crippen LogP contribution in [-0.2, 0) is 10.1 Å². The van der Waals surface area contributed by atoms with Crippen molar-refractivity contribution in [1.29, 1.82) is 0 Å². The van der Waals surface area contributed by atoms with E-state index < -0.39 is 0 Å². The first-order valence-electron chi connectivity index (χ1n) is 4.66. The molecule has 1 aliphatic heterocycles. The number of hydrogen-bond donors (Lipinski definition) is 0. The molecular formula is C9H13BrN2OS. The number of alkyl halides is 1. The summed E-state index contributed by atoms with van der Waals surface area (Å²) in [6, 6.07) is 0. The number of morpholine rings is 1. The van der Waals surface area contributed by atoms with Crippen LogP contribution >= 0.6 is 27.3 Å². The molecule has 0 atom stereocenters. The van der Waals surface area contributed by atoms with E-state index in [-0.39, 0.29) is 0 Å².